The lowest BCUT2D eigenvalue weighted by Crippen LogP contribution is -2.00. The van der Waals surface area contributed by atoms with Crippen molar-refractivity contribution in [2.45, 2.75) is 19.3 Å². The Balaban J connectivity index is 2.15. The van der Waals surface area contributed by atoms with Crippen molar-refractivity contribution in [1.29, 1.82) is 0 Å². The van der Waals surface area contributed by atoms with E-state index in [9.17, 15) is 8.78 Å². The van der Waals surface area contributed by atoms with Crippen molar-refractivity contribution in [2.24, 2.45) is 0 Å². The molecule has 82 valence electrons. The smallest absolute Gasteiger partial charge is 0.150 e. The molecule has 3 heteroatoms. The molecule has 0 saturated carbocycles. The van der Waals surface area contributed by atoms with Crippen LogP contribution < -0.4 is 0 Å². The maximum absolute atomic E-state index is 13.6. The molecule has 16 heavy (non-hydrogen) atoms. The molecule has 0 N–H and O–H groups in total. The van der Waals surface area contributed by atoms with Gasteiger partial charge >= 0.3 is 0 Å². The van der Waals surface area contributed by atoms with Crippen molar-refractivity contribution in [2.75, 3.05) is 0 Å². The lowest BCUT2D eigenvalue weighted by molar-refractivity contribution is 0.576. The number of aryl methyl sites for hydroxylation is 1. The average molecular weight is 219 g/mol. The molecule has 0 atom stereocenters. The number of hydrogen-bond donors (Lipinski definition) is 0. The first-order valence-electron chi connectivity index (χ1n) is 5.40. The van der Waals surface area contributed by atoms with Crippen LogP contribution in [0.15, 0.2) is 30.5 Å². The van der Waals surface area contributed by atoms with Crippen LogP contribution in [0.1, 0.15) is 17.7 Å². The topological polar surface area (TPSA) is 4.93 Å². The first-order valence-corrected chi connectivity index (χ1v) is 5.40. The zero-order valence-corrected chi connectivity index (χ0v) is 8.71. The SMILES string of the molecule is Fc1ccc(-n2ccc3c2CCC3)c(F)c1. The molecular formula is C13H11F2N. The molecule has 1 nitrogen and oxygen atoms in total. The van der Waals surface area contributed by atoms with Gasteiger partial charge in [0, 0.05) is 18.0 Å². The van der Waals surface area contributed by atoms with Crippen LogP contribution >= 0.6 is 0 Å². The third-order valence-electron chi connectivity index (χ3n) is 3.12. The van der Waals surface area contributed by atoms with Gasteiger partial charge in [-0.25, -0.2) is 8.78 Å². The number of nitrogens with zero attached hydrogens (tertiary/aromatic N) is 1. The highest BCUT2D eigenvalue weighted by molar-refractivity contribution is 5.41. The van der Waals surface area contributed by atoms with E-state index < -0.39 is 11.6 Å². The Morgan fingerprint density at radius 3 is 2.75 bits per heavy atom. The fourth-order valence-corrected chi connectivity index (χ4v) is 2.36. The number of benzene rings is 1. The predicted molar refractivity (Wildman–Crippen MR) is 57.7 cm³/mol. The maximum Gasteiger partial charge on any atom is 0.150 e. The van der Waals surface area contributed by atoms with Crippen molar-refractivity contribution in [3.63, 3.8) is 0 Å². The van der Waals surface area contributed by atoms with Gasteiger partial charge in [0.1, 0.15) is 11.6 Å². The van der Waals surface area contributed by atoms with E-state index in [0.717, 1.165) is 31.0 Å². The van der Waals surface area contributed by atoms with Gasteiger partial charge < -0.3 is 4.57 Å². The normalized spacial score (nSPS) is 14.1. The molecule has 0 spiro atoms. The van der Waals surface area contributed by atoms with Crippen molar-refractivity contribution in [3.05, 3.63) is 53.4 Å². The van der Waals surface area contributed by atoms with Gasteiger partial charge in [-0.3, -0.25) is 0 Å². The number of rotatable bonds is 1. The van der Waals surface area contributed by atoms with Crippen LogP contribution in [0.5, 0.6) is 0 Å². The van der Waals surface area contributed by atoms with Gasteiger partial charge in [0.05, 0.1) is 5.69 Å². The monoisotopic (exact) mass is 219 g/mol. The summed E-state index contributed by atoms with van der Waals surface area (Å²) in [7, 11) is 0. The van der Waals surface area contributed by atoms with Gasteiger partial charge in [0.2, 0.25) is 0 Å². The number of aromatic nitrogens is 1. The highest BCUT2D eigenvalue weighted by Crippen LogP contribution is 2.27. The molecular weight excluding hydrogens is 208 g/mol. The minimum absolute atomic E-state index is 0.435. The molecule has 3 rings (SSSR count). The highest BCUT2D eigenvalue weighted by Gasteiger charge is 2.17. The summed E-state index contributed by atoms with van der Waals surface area (Å²) in [4.78, 5) is 0. The Kier molecular flexibility index (Phi) is 2.06. The summed E-state index contributed by atoms with van der Waals surface area (Å²) in [6.07, 6.45) is 5.01. The summed E-state index contributed by atoms with van der Waals surface area (Å²) in [5.74, 6) is -1.05. The van der Waals surface area contributed by atoms with Crippen LogP contribution in [0.3, 0.4) is 0 Å². The Morgan fingerprint density at radius 2 is 1.94 bits per heavy atom. The minimum atomic E-state index is -0.537. The lowest BCUT2D eigenvalue weighted by atomic mass is 10.2. The van der Waals surface area contributed by atoms with Crippen molar-refractivity contribution < 1.29 is 8.78 Å². The van der Waals surface area contributed by atoms with E-state index in [1.165, 1.54) is 17.7 Å². The summed E-state index contributed by atoms with van der Waals surface area (Å²) in [6, 6.07) is 5.73. The van der Waals surface area contributed by atoms with Crippen molar-refractivity contribution in [3.8, 4) is 5.69 Å². The number of fused-ring (bicyclic) bond motifs is 1. The second-order valence-corrected chi connectivity index (χ2v) is 4.11. The first-order chi connectivity index (χ1) is 7.75. The van der Waals surface area contributed by atoms with Crippen molar-refractivity contribution in [1.82, 2.24) is 4.57 Å². The Bertz CT molecular complexity index is 543. The second kappa shape index (κ2) is 3.44. The molecule has 0 amide bonds. The molecule has 1 aliphatic rings. The van der Waals surface area contributed by atoms with Gasteiger partial charge in [0.25, 0.3) is 0 Å². The van der Waals surface area contributed by atoms with Gasteiger partial charge in [-0.05, 0) is 43.0 Å². The Hall–Kier alpha value is -1.64. The number of hydrogen-bond acceptors (Lipinski definition) is 0. The fraction of sp³-hybridized carbons (Fsp3) is 0.231. The van der Waals surface area contributed by atoms with E-state index in [1.54, 1.807) is 0 Å². The molecule has 0 unspecified atom stereocenters. The molecule has 0 bridgehead atoms. The molecule has 0 saturated heterocycles. The molecule has 1 aromatic heterocycles. The summed E-state index contributed by atoms with van der Waals surface area (Å²) < 4.78 is 28.3. The Labute approximate surface area is 92.3 Å². The van der Waals surface area contributed by atoms with E-state index in [2.05, 4.69) is 0 Å². The van der Waals surface area contributed by atoms with E-state index in [4.69, 9.17) is 0 Å². The van der Waals surface area contributed by atoms with Crippen molar-refractivity contribution >= 4 is 0 Å². The van der Waals surface area contributed by atoms with E-state index in [1.807, 2.05) is 16.8 Å². The maximum atomic E-state index is 13.6. The van der Waals surface area contributed by atoms with Gasteiger partial charge in [0.15, 0.2) is 0 Å². The molecule has 1 aliphatic carbocycles. The van der Waals surface area contributed by atoms with E-state index >= 15 is 0 Å². The van der Waals surface area contributed by atoms with Gasteiger partial charge in [-0.1, -0.05) is 0 Å². The predicted octanol–water partition coefficient (Wildman–Crippen LogP) is 3.24. The lowest BCUT2D eigenvalue weighted by Gasteiger charge is -2.08. The zero-order chi connectivity index (χ0) is 11.1. The van der Waals surface area contributed by atoms with E-state index in [0.29, 0.717) is 5.69 Å². The van der Waals surface area contributed by atoms with E-state index in [-0.39, 0.29) is 0 Å². The van der Waals surface area contributed by atoms with Crippen LogP contribution in [0.4, 0.5) is 8.78 Å². The molecule has 0 radical (unpaired) electrons. The number of halogens is 2. The summed E-state index contributed by atoms with van der Waals surface area (Å²) in [6.45, 7) is 0. The van der Waals surface area contributed by atoms with Crippen LogP contribution in [-0.4, -0.2) is 4.57 Å². The highest BCUT2D eigenvalue weighted by atomic mass is 19.1. The molecule has 0 aliphatic heterocycles. The standard InChI is InChI=1S/C13H11F2N/c14-10-4-5-13(11(15)8-10)16-7-6-9-2-1-3-12(9)16/h4-8H,1-3H2. The fourth-order valence-electron chi connectivity index (χ4n) is 2.36. The summed E-state index contributed by atoms with van der Waals surface area (Å²) in [5.41, 5.74) is 2.87. The largest absolute Gasteiger partial charge is 0.318 e. The molecule has 1 aromatic carbocycles. The summed E-state index contributed by atoms with van der Waals surface area (Å²) >= 11 is 0. The van der Waals surface area contributed by atoms with Crippen LogP contribution in [0.2, 0.25) is 0 Å². The average Bonchev–Trinajstić information content (AvgIpc) is 2.80. The first kappa shape index (κ1) is 9.58. The molecule has 0 fully saturated rings. The zero-order valence-electron chi connectivity index (χ0n) is 8.71. The van der Waals surface area contributed by atoms with Crippen LogP contribution in [0.25, 0.3) is 5.69 Å². The molecule has 2 aromatic rings. The van der Waals surface area contributed by atoms with Crippen LogP contribution in [-0.2, 0) is 12.8 Å². The molecule has 1 heterocycles. The summed E-state index contributed by atoms with van der Waals surface area (Å²) in [5, 5.41) is 0. The second-order valence-electron chi connectivity index (χ2n) is 4.11. The quantitative estimate of drug-likeness (QED) is 0.693. The third-order valence-corrected chi connectivity index (χ3v) is 3.12. The van der Waals surface area contributed by atoms with Gasteiger partial charge in [-0.15, -0.1) is 0 Å². The van der Waals surface area contributed by atoms with Crippen LogP contribution in [0, 0.1) is 11.6 Å². The Morgan fingerprint density at radius 1 is 1.06 bits per heavy atom. The van der Waals surface area contributed by atoms with Gasteiger partial charge in [-0.2, -0.15) is 0 Å². The minimum Gasteiger partial charge on any atom is -0.318 e. The third kappa shape index (κ3) is 1.35.